The second kappa shape index (κ2) is 4.04. The van der Waals surface area contributed by atoms with E-state index in [2.05, 4.69) is 13.0 Å². The normalized spacial score (nSPS) is 29.0. The predicted molar refractivity (Wildman–Crippen MR) is 70.3 cm³/mol. The van der Waals surface area contributed by atoms with Gasteiger partial charge in [-0.05, 0) is 43.0 Å². The van der Waals surface area contributed by atoms with Crippen LogP contribution in [0, 0.1) is 5.92 Å². The number of benzene rings is 1. The SMILES string of the molecule is CC1C(N)CCC1c1cc2cc(Cl)ccc2o1. The first-order valence-electron chi connectivity index (χ1n) is 6.10. The van der Waals surface area contributed by atoms with Gasteiger partial charge >= 0.3 is 0 Å². The summed E-state index contributed by atoms with van der Waals surface area (Å²) in [5.41, 5.74) is 6.98. The highest BCUT2D eigenvalue weighted by atomic mass is 35.5. The molecule has 1 aliphatic carbocycles. The fraction of sp³-hybridized carbons (Fsp3) is 0.429. The zero-order valence-corrected chi connectivity index (χ0v) is 10.6. The van der Waals surface area contributed by atoms with Crippen LogP contribution in [0.4, 0.5) is 0 Å². The van der Waals surface area contributed by atoms with E-state index in [1.807, 2.05) is 18.2 Å². The van der Waals surface area contributed by atoms with Gasteiger partial charge in [0.2, 0.25) is 0 Å². The molecule has 90 valence electrons. The van der Waals surface area contributed by atoms with Crippen molar-refractivity contribution >= 4 is 22.6 Å². The van der Waals surface area contributed by atoms with Gasteiger partial charge in [-0.1, -0.05) is 18.5 Å². The Morgan fingerprint density at radius 2 is 2.12 bits per heavy atom. The molecule has 0 bridgehead atoms. The van der Waals surface area contributed by atoms with E-state index in [0.29, 0.717) is 17.9 Å². The molecule has 1 saturated carbocycles. The summed E-state index contributed by atoms with van der Waals surface area (Å²) in [7, 11) is 0. The Kier molecular flexibility index (Phi) is 2.64. The molecule has 3 heteroatoms. The molecule has 3 unspecified atom stereocenters. The molecule has 1 fully saturated rings. The number of hydrogen-bond donors (Lipinski definition) is 1. The van der Waals surface area contributed by atoms with E-state index in [1.165, 1.54) is 0 Å². The van der Waals surface area contributed by atoms with Crippen LogP contribution in [0.2, 0.25) is 5.02 Å². The number of fused-ring (bicyclic) bond motifs is 1. The minimum absolute atomic E-state index is 0.303. The molecule has 1 aromatic carbocycles. The molecule has 1 aromatic heterocycles. The number of furan rings is 1. The van der Waals surface area contributed by atoms with Gasteiger partial charge in [-0.2, -0.15) is 0 Å². The summed E-state index contributed by atoms with van der Waals surface area (Å²) in [4.78, 5) is 0. The highest BCUT2D eigenvalue weighted by Crippen LogP contribution is 2.40. The maximum absolute atomic E-state index is 6.06. The fourth-order valence-electron chi connectivity index (χ4n) is 2.82. The lowest BCUT2D eigenvalue weighted by molar-refractivity contribution is 0.412. The van der Waals surface area contributed by atoms with Crippen LogP contribution in [0.3, 0.4) is 0 Å². The highest BCUT2D eigenvalue weighted by Gasteiger charge is 2.33. The van der Waals surface area contributed by atoms with Crippen LogP contribution in [0.1, 0.15) is 31.4 Å². The Morgan fingerprint density at radius 1 is 1.29 bits per heavy atom. The first kappa shape index (κ1) is 11.1. The average Bonchev–Trinajstić information content (AvgIpc) is 2.83. The van der Waals surface area contributed by atoms with Gasteiger partial charge in [0.05, 0.1) is 0 Å². The van der Waals surface area contributed by atoms with E-state index in [4.69, 9.17) is 21.8 Å². The Labute approximate surface area is 106 Å². The van der Waals surface area contributed by atoms with Gasteiger partial charge < -0.3 is 10.2 Å². The van der Waals surface area contributed by atoms with Crippen molar-refractivity contribution in [3.05, 3.63) is 35.0 Å². The summed E-state index contributed by atoms with van der Waals surface area (Å²) in [5, 5.41) is 1.83. The molecule has 2 N–H and O–H groups in total. The van der Waals surface area contributed by atoms with Crippen molar-refractivity contribution in [1.82, 2.24) is 0 Å². The zero-order chi connectivity index (χ0) is 12.0. The van der Waals surface area contributed by atoms with E-state index in [9.17, 15) is 0 Å². The molecule has 3 atom stereocenters. The van der Waals surface area contributed by atoms with Crippen molar-refractivity contribution in [2.45, 2.75) is 31.7 Å². The van der Waals surface area contributed by atoms with Crippen molar-refractivity contribution in [3.8, 4) is 0 Å². The molecular weight excluding hydrogens is 234 g/mol. The minimum Gasteiger partial charge on any atom is -0.461 e. The first-order chi connectivity index (χ1) is 8.15. The van der Waals surface area contributed by atoms with Crippen LogP contribution in [0.5, 0.6) is 0 Å². The molecule has 0 aliphatic heterocycles. The Bertz CT molecular complexity index is 548. The summed E-state index contributed by atoms with van der Waals surface area (Å²) < 4.78 is 5.91. The van der Waals surface area contributed by atoms with Crippen LogP contribution >= 0.6 is 11.6 Å². The molecule has 1 heterocycles. The van der Waals surface area contributed by atoms with E-state index in [1.54, 1.807) is 0 Å². The molecule has 17 heavy (non-hydrogen) atoms. The van der Waals surface area contributed by atoms with Gasteiger partial charge in [-0.15, -0.1) is 0 Å². The summed E-state index contributed by atoms with van der Waals surface area (Å²) >= 11 is 5.98. The average molecular weight is 250 g/mol. The molecular formula is C14H16ClNO. The monoisotopic (exact) mass is 249 g/mol. The van der Waals surface area contributed by atoms with Gasteiger partial charge in [0.1, 0.15) is 11.3 Å². The molecule has 0 radical (unpaired) electrons. The lowest BCUT2D eigenvalue weighted by atomic mass is 9.94. The lowest BCUT2D eigenvalue weighted by Crippen LogP contribution is -2.24. The summed E-state index contributed by atoms with van der Waals surface area (Å²) in [6, 6.07) is 8.16. The molecule has 2 aromatic rings. The quantitative estimate of drug-likeness (QED) is 0.832. The zero-order valence-electron chi connectivity index (χ0n) is 9.82. The topological polar surface area (TPSA) is 39.2 Å². The van der Waals surface area contributed by atoms with Crippen molar-refractivity contribution in [3.63, 3.8) is 0 Å². The summed E-state index contributed by atoms with van der Waals surface area (Å²) in [6.45, 7) is 2.21. The Morgan fingerprint density at radius 3 is 2.82 bits per heavy atom. The maximum atomic E-state index is 6.06. The Balaban J connectivity index is 2.01. The number of nitrogens with two attached hydrogens (primary N) is 1. The predicted octanol–water partition coefficient (Wildman–Crippen LogP) is 3.93. The largest absolute Gasteiger partial charge is 0.461 e. The minimum atomic E-state index is 0.303. The number of rotatable bonds is 1. The number of halogens is 1. The van der Waals surface area contributed by atoms with Gasteiger partial charge in [-0.25, -0.2) is 0 Å². The molecule has 0 saturated heterocycles. The van der Waals surface area contributed by atoms with Gasteiger partial charge in [0, 0.05) is 22.4 Å². The number of hydrogen-bond acceptors (Lipinski definition) is 2. The van der Waals surface area contributed by atoms with Gasteiger partial charge in [-0.3, -0.25) is 0 Å². The summed E-state index contributed by atoms with van der Waals surface area (Å²) in [5.74, 6) is 2.00. The van der Waals surface area contributed by atoms with Crippen LogP contribution in [0.15, 0.2) is 28.7 Å². The van der Waals surface area contributed by atoms with Crippen LogP contribution in [-0.2, 0) is 0 Å². The highest BCUT2D eigenvalue weighted by molar-refractivity contribution is 6.31. The molecule has 3 rings (SSSR count). The van der Waals surface area contributed by atoms with E-state index in [0.717, 1.165) is 34.6 Å². The van der Waals surface area contributed by atoms with E-state index < -0.39 is 0 Å². The molecule has 0 spiro atoms. The third-order valence-corrected chi connectivity index (χ3v) is 4.22. The first-order valence-corrected chi connectivity index (χ1v) is 6.47. The van der Waals surface area contributed by atoms with Crippen LogP contribution in [0.25, 0.3) is 11.0 Å². The van der Waals surface area contributed by atoms with Crippen molar-refractivity contribution in [2.75, 3.05) is 0 Å². The smallest absolute Gasteiger partial charge is 0.134 e. The maximum Gasteiger partial charge on any atom is 0.134 e. The molecule has 1 aliphatic rings. The van der Waals surface area contributed by atoms with E-state index in [-0.39, 0.29) is 0 Å². The molecule has 0 amide bonds. The van der Waals surface area contributed by atoms with Gasteiger partial charge in [0.15, 0.2) is 0 Å². The van der Waals surface area contributed by atoms with Crippen molar-refractivity contribution in [2.24, 2.45) is 11.7 Å². The van der Waals surface area contributed by atoms with Crippen molar-refractivity contribution in [1.29, 1.82) is 0 Å². The summed E-state index contributed by atoms with van der Waals surface area (Å²) in [6.07, 6.45) is 2.21. The lowest BCUT2D eigenvalue weighted by Gasteiger charge is -2.15. The van der Waals surface area contributed by atoms with Crippen LogP contribution in [-0.4, -0.2) is 6.04 Å². The van der Waals surface area contributed by atoms with Gasteiger partial charge in [0.25, 0.3) is 0 Å². The fourth-order valence-corrected chi connectivity index (χ4v) is 3.00. The third kappa shape index (κ3) is 1.85. The van der Waals surface area contributed by atoms with Crippen LogP contribution < -0.4 is 5.73 Å². The Hall–Kier alpha value is -0.990. The standard InChI is InChI=1S/C14H16ClNO/c1-8-11(3-4-12(8)16)14-7-9-6-10(15)2-5-13(9)17-14/h2,5-8,11-12H,3-4,16H2,1H3. The second-order valence-corrected chi connectivity index (χ2v) is 5.47. The third-order valence-electron chi connectivity index (χ3n) is 3.98. The molecule has 2 nitrogen and oxygen atoms in total. The van der Waals surface area contributed by atoms with E-state index >= 15 is 0 Å². The second-order valence-electron chi connectivity index (χ2n) is 5.04. The van der Waals surface area contributed by atoms with Crippen molar-refractivity contribution < 1.29 is 4.42 Å².